The monoisotopic (exact) mass is 335 g/mol. The zero-order valence-electron chi connectivity index (χ0n) is 10.9. The van der Waals surface area contributed by atoms with Gasteiger partial charge in [-0.3, -0.25) is 0 Å². The Labute approximate surface area is 127 Å². The molecule has 0 radical (unpaired) electrons. The summed E-state index contributed by atoms with van der Waals surface area (Å²) in [6.07, 6.45) is 1.80. The Balaban J connectivity index is 2.16. The maximum absolute atomic E-state index is 11.0. The molecule has 1 N–H and O–H groups in total. The molecule has 0 amide bonds. The first-order valence-corrected chi connectivity index (χ1v) is 8.86. The van der Waals surface area contributed by atoms with E-state index < -0.39 is 10.0 Å². The highest BCUT2D eigenvalue weighted by molar-refractivity contribution is 7.88. The fraction of sp³-hybridized carbons (Fsp3) is 0.417. The molecule has 110 valence electrons. The Kier molecular flexibility index (Phi) is 4.90. The molecule has 0 aliphatic rings. The molecule has 8 heteroatoms. The molecule has 0 fully saturated rings. The number of benzene rings is 1. The highest BCUT2D eigenvalue weighted by Crippen LogP contribution is 2.21. The van der Waals surface area contributed by atoms with Crippen molar-refractivity contribution in [3.63, 3.8) is 0 Å². The van der Waals surface area contributed by atoms with E-state index in [2.05, 4.69) is 9.71 Å². The van der Waals surface area contributed by atoms with Crippen LogP contribution in [0.25, 0.3) is 11.0 Å². The van der Waals surface area contributed by atoms with Gasteiger partial charge in [0.15, 0.2) is 0 Å². The van der Waals surface area contributed by atoms with Crippen molar-refractivity contribution in [2.75, 3.05) is 12.8 Å². The van der Waals surface area contributed by atoms with Gasteiger partial charge in [-0.1, -0.05) is 11.6 Å². The van der Waals surface area contributed by atoms with Crippen molar-refractivity contribution in [1.82, 2.24) is 14.3 Å². The molecule has 0 unspecified atom stereocenters. The van der Waals surface area contributed by atoms with Gasteiger partial charge in [-0.25, -0.2) is 18.1 Å². The summed E-state index contributed by atoms with van der Waals surface area (Å²) in [5.74, 6) is 1.05. The van der Waals surface area contributed by atoms with E-state index in [1.807, 2.05) is 10.6 Å². The quantitative estimate of drug-likeness (QED) is 0.651. The minimum Gasteiger partial charge on any atom is -0.327 e. The van der Waals surface area contributed by atoms with Crippen molar-refractivity contribution >= 4 is 44.3 Å². The van der Waals surface area contributed by atoms with Crippen LogP contribution < -0.4 is 4.72 Å². The highest BCUT2D eigenvalue weighted by Gasteiger charge is 2.10. The number of aryl methyl sites for hydroxylation is 1. The lowest BCUT2D eigenvalue weighted by molar-refractivity contribution is 0.575. The van der Waals surface area contributed by atoms with Gasteiger partial charge in [0.2, 0.25) is 10.0 Å². The molecule has 5 nitrogen and oxygen atoms in total. The van der Waals surface area contributed by atoms with E-state index in [0.29, 0.717) is 30.4 Å². The van der Waals surface area contributed by atoms with E-state index in [0.717, 1.165) is 23.1 Å². The topological polar surface area (TPSA) is 64.0 Å². The fourth-order valence-electron chi connectivity index (χ4n) is 2.00. The second kappa shape index (κ2) is 6.30. The summed E-state index contributed by atoms with van der Waals surface area (Å²) < 4.78 is 26.5. The molecule has 1 aromatic heterocycles. The molecule has 0 aliphatic carbocycles. The fourth-order valence-corrected chi connectivity index (χ4v) is 2.88. The molecule has 0 aliphatic heterocycles. The van der Waals surface area contributed by atoms with E-state index in [-0.39, 0.29) is 0 Å². The van der Waals surface area contributed by atoms with Crippen LogP contribution in [-0.2, 0) is 22.4 Å². The van der Waals surface area contributed by atoms with Crippen LogP contribution in [0.2, 0.25) is 5.02 Å². The van der Waals surface area contributed by atoms with E-state index in [9.17, 15) is 8.42 Å². The Bertz CT molecular complexity index is 713. The van der Waals surface area contributed by atoms with Crippen LogP contribution in [0.5, 0.6) is 0 Å². The molecule has 2 rings (SSSR count). The number of imidazole rings is 1. The maximum Gasteiger partial charge on any atom is 0.208 e. The average Bonchev–Trinajstić information content (AvgIpc) is 2.70. The van der Waals surface area contributed by atoms with Crippen molar-refractivity contribution in [2.45, 2.75) is 18.8 Å². The van der Waals surface area contributed by atoms with Gasteiger partial charge in [0.05, 0.1) is 23.2 Å². The van der Waals surface area contributed by atoms with Crippen LogP contribution in [-0.4, -0.2) is 30.8 Å². The van der Waals surface area contributed by atoms with Gasteiger partial charge < -0.3 is 4.57 Å². The van der Waals surface area contributed by atoms with Gasteiger partial charge in [0.1, 0.15) is 5.82 Å². The first-order valence-electron chi connectivity index (χ1n) is 6.06. The lowest BCUT2D eigenvalue weighted by Gasteiger charge is -2.08. The molecule has 0 atom stereocenters. The van der Waals surface area contributed by atoms with Crippen molar-refractivity contribution in [1.29, 1.82) is 0 Å². The molecule has 0 saturated heterocycles. The first kappa shape index (κ1) is 15.6. The van der Waals surface area contributed by atoms with Gasteiger partial charge in [0, 0.05) is 18.1 Å². The number of sulfonamides is 1. The number of halogens is 2. The van der Waals surface area contributed by atoms with E-state index in [4.69, 9.17) is 23.2 Å². The third-order valence-corrected chi connectivity index (χ3v) is 4.03. The minimum absolute atomic E-state index is 0.297. The molecule has 20 heavy (non-hydrogen) atoms. The van der Waals surface area contributed by atoms with Crippen molar-refractivity contribution in [3.05, 3.63) is 29.0 Å². The SMILES string of the molecule is CS(=O)(=O)NCCCn1c(CCl)nc2cc(Cl)ccc21. The number of alkyl halides is 1. The molecular weight excluding hydrogens is 321 g/mol. The van der Waals surface area contributed by atoms with E-state index in [1.165, 1.54) is 0 Å². The Morgan fingerprint density at radius 2 is 2.15 bits per heavy atom. The molecule has 0 saturated carbocycles. The summed E-state index contributed by atoms with van der Waals surface area (Å²) in [7, 11) is -3.15. The highest BCUT2D eigenvalue weighted by atomic mass is 35.5. The molecule has 0 bridgehead atoms. The zero-order chi connectivity index (χ0) is 14.8. The lowest BCUT2D eigenvalue weighted by atomic mass is 10.3. The van der Waals surface area contributed by atoms with Gasteiger partial charge in [-0.05, 0) is 24.6 Å². The van der Waals surface area contributed by atoms with E-state index in [1.54, 1.807) is 12.1 Å². The Morgan fingerprint density at radius 3 is 2.80 bits per heavy atom. The van der Waals surface area contributed by atoms with Gasteiger partial charge >= 0.3 is 0 Å². The third-order valence-electron chi connectivity index (χ3n) is 2.83. The normalized spacial score (nSPS) is 12.2. The predicted molar refractivity (Wildman–Crippen MR) is 81.8 cm³/mol. The zero-order valence-corrected chi connectivity index (χ0v) is 13.3. The summed E-state index contributed by atoms with van der Waals surface area (Å²) in [5.41, 5.74) is 1.74. The minimum atomic E-state index is -3.15. The maximum atomic E-state index is 11.0. The number of fused-ring (bicyclic) bond motifs is 1. The van der Waals surface area contributed by atoms with Gasteiger partial charge in [-0.15, -0.1) is 11.6 Å². The lowest BCUT2D eigenvalue weighted by Crippen LogP contribution is -2.24. The average molecular weight is 336 g/mol. The molecule has 1 heterocycles. The molecule has 2 aromatic rings. The summed E-state index contributed by atoms with van der Waals surface area (Å²) in [5, 5.41) is 0.627. The number of rotatable bonds is 6. The van der Waals surface area contributed by atoms with Crippen molar-refractivity contribution in [2.24, 2.45) is 0 Å². The number of nitrogens with one attached hydrogen (secondary N) is 1. The standard InChI is InChI=1S/C12H15Cl2N3O2S/c1-20(18,19)15-5-2-6-17-11-4-3-9(14)7-10(11)16-12(17)8-13/h3-4,7,15H,2,5-6,8H2,1H3. The summed E-state index contributed by atoms with van der Waals surface area (Å²) >= 11 is 11.8. The van der Waals surface area contributed by atoms with Crippen LogP contribution in [0.4, 0.5) is 0 Å². The Morgan fingerprint density at radius 1 is 1.40 bits per heavy atom. The van der Waals surface area contributed by atoms with Gasteiger partial charge in [-0.2, -0.15) is 0 Å². The van der Waals surface area contributed by atoms with Crippen LogP contribution in [0.1, 0.15) is 12.2 Å². The number of hydrogen-bond acceptors (Lipinski definition) is 3. The smallest absolute Gasteiger partial charge is 0.208 e. The molecule has 1 aromatic carbocycles. The summed E-state index contributed by atoms with van der Waals surface area (Å²) in [4.78, 5) is 4.43. The van der Waals surface area contributed by atoms with Crippen LogP contribution in [0.15, 0.2) is 18.2 Å². The number of aromatic nitrogens is 2. The van der Waals surface area contributed by atoms with Crippen LogP contribution in [0, 0.1) is 0 Å². The largest absolute Gasteiger partial charge is 0.327 e. The summed E-state index contributed by atoms with van der Waals surface area (Å²) in [6, 6.07) is 5.48. The first-order chi connectivity index (χ1) is 9.40. The van der Waals surface area contributed by atoms with Crippen LogP contribution in [0.3, 0.4) is 0 Å². The third kappa shape index (κ3) is 3.85. The summed E-state index contributed by atoms with van der Waals surface area (Å²) in [6.45, 7) is 1.02. The number of nitrogens with zero attached hydrogens (tertiary/aromatic N) is 2. The second-order valence-corrected chi connectivity index (χ2v) is 7.00. The Hall–Kier alpha value is -0.820. The van der Waals surface area contributed by atoms with Crippen LogP contribution >= 0.6 is 23.2 Å². The van der Waals surface area contributed by atoms with Crippen molar-refractivity contribution < 1.29 is 8.42 Å². The second-order valence-electron chi connectivity index (χ2n) is 4.47. The predicted octanol–water partition coefficient (Wildman–Crippen LogP) is 2.37. The number of hydrogen-bond donors (Lipinski definition) is 1. The molecular formula is C12H15Cl2N3O2S. The van der Waals surface area contributed by atoms with Gasteiger partial charge in [0.25, 0.3) is 0 Å². The van der Waals surface area contributed by atoms with Crippen molar-refractivity contribution in [3.8, 4) is 0 Å². The van der Waals surface area contributed by atoms with E-state index >= 15 is 0 Å². The molecule has 0 spiro atoms.